The summed E-state index contributed by atoms with van der Waals surface area (Å²) in [5.74, 6) is 1.24. The van der Waals surface area contributed by atoms with Gasteiger partial charge in [-0.15, -0.1) is 0 Å². The van der Waals surface area contributed by atoms with Gasteiger partial charge in [0.05, 0.1) is 11.7 Å². The van der Waals surface area contributed by atoms with Crippen molar-refractivity contribution < 1.29 is 19.1 Å². The molecule has 3 aromatic carbocycles. The van der Waals surface area contributed by atoms with Crippen molar-refractivity contribution in [1.82, 2.24) is 15.5 Å². The van der Waals surface area contributed by atoms with E-state index in [0.717, 1.165) is 34.0 Å². The molecule has 2 N–H and O–H groups in total. The van der Waals surface area contributed by atoms with E-state index in [1.54, 1.807) is 24.3 Å². The summed E-state index contributed by atoms with van der Waals surface area (Å²) < 4.78 is 11.2. The van der Waals surface area contributed by atoms with E-state index in [2.05, 4.69) is 15.5 Å². The van der Waals surface area contributed by atoms with E-state index in [9.17, 15) is 9.59 Å². The van der Waals surface area contributed by atoms with Crippen molar-refractivity contribution in [3.05, 3.63) is 101 Å². The predicted octanol–water partition coefficient (Wildman–Crippen LogP) is 5.48. The second-order valence-corrected chi connectivity index (χ2v) is 8.36. The van der Waals surface area contributed by atoms with Gasteiger partial charge in [0.15, 0.2) is 0 Å². The van der Waals surface area contributed by atoms with Crippen molar-refractivity contribution in [2.75, 3.05) is 0 Å². The molecule has 0 aliphatic heterocycles. The number of nitrogens with zero attached hydrogens (tertiary/aromatic N) is 1. The fourth-order valence-corrected chi connectivity index (χ4v) is 3.87. The van der Waals surface area contributed by atoms with Crippen LogP contribution in [0.1, 0.15) is 24.2 Å². The number of benzene rings is 3. The van der Waals surface area contributed by atoms with Crippen LogP contribution in [0.4, 0.5) is 0 Å². The third-order valence-corrected chi connectivity index (χ3v) is 5.62. The molecule has 4 rings (SSSR count). The number of hydrogen-bond donors (Lipinski definition) is 2. The molecule has 0 aliphatic carbocycles. The number of aromatic amines is 1. The molecule has 0 fully saturated rings. The first-order valence-corrected chi connectivity index (χ1v) is 11.4. The molecule has 178 valence electrons. The number of aromatic nitrogens is 2. The lowest BCUT2D eigenvalue weighted by atomic mass is 9.97. The van der Waals surface area contributed by atoms with Gasteiger partial charge in [-0.05, 0) is 60.2 Å². The van der Waals surface area contributed by atoms with Gasteiger partial charge in [-0.1, -0.05) is 41.9 Å². The first-order valence-electron chi connectivity index (χ1n) is 11.0. The Morgan fingerprint density at radius 2 is 1.71 bits per heavy atom. The number of H-pyrrole nitrogens is 1. The van der Waals surface area contributed by atoms with Crippen molar-refractivity contribution in [3.63, 3.8) is 0 Å². The summed E-state index contributed by atoms with van der Waals surface area (Å²) in [5.41, 5.74) is 3.15. The average Bonchev–Trinajstić information content (AvgIpc) is 3.32. The van der Waals surface area contributed by atoms with Crippen LogP contribution in [0.25, 0.3) is 11.3 Å². The Hall–Kier alpha value is -4.10. The third kappa shape index (κ3) is 6.49. The van der Waals surface area contributed by atoms with Gasteiger partial charge in [0.1, 0.15) is 17.6 Å². The minimum Gasteiger partial charge on any atom is -0.462 e. The quantitative estimate of drug-likeness (QED) is 0.287. The molecular formula is C27H24ClN3O4. The summed E-state index contributed by atoms with van der Waals surface area (Å²) in [6.07, 6.45) is -0.346. The Morgan fingerprint density at radius 3 is 2.37 bits per heavy atom. The molecule has 8 heteroatoms. The van der Waals surface area contributed by atoms with Gasteiger partial charge in [-0.3, -0.25) is 14.7 Å². The first-order chi connectivity index (χ1) is 17.0. The number of carbonyl (C=O) groups is 2. The molecule has 2 atom stereocenters. The lowest BCUT2D eigenvalue weighted by Gasteiger charge is -2.26. The van der Waals surface area contributed by atoms with Crippen molar-refractivity contribution in [2.24, 2.45) is 0 Å². The van der Waals surface area contributed by atoms with Gasteiger partial charge in [0.2, 0.25) is 5.91 Å². The van der Waals surface area contributed by atoms with E-state index in [4.69, 9.17) is 21.1 Å². The fourth-order valence-electron chi connectivity index (χ4n) is 3.75. The minimum absolute atomic E-state index is 0.243. The number of rotatable bonds is 10. The highest BCUT2D eigenvalue weighted by Crippen LogP contribution is 2.27. The van der Waals surface area contributed by atoms with Crippen LogP contribution in [0.5, 0.6) is 11.5 Å². The second kappa shape index (κ2) is 11.4. The topological polar surface area (TPSA) is 93.3 Å². The average molecular weight is 490 g/mol. The minimum atomic E-state index is -0.660. The maximum atomic E-state index is 11.9. The van der Waals surface area contributed by atoms with Crippen LogP contribution >= 0.6 is 11.6 Å². The lowest BCUT2D eigenvalue weighted by Crippen LogP contribution is -2.37. The summed E-state index contributed by atoms with van der Waals surface area (Å²) in [6.45, 7) is 1.80. The molecule has 1 amide bonds. The van der Waals surface area contributed by atoms with Crippen LogP contribution in [-0.4, -0.2) is 28.7 Å². The largest absolute Gasteiger partial charge is 0.462 e. The Morgan fingerprint density at radius 1 is 1.03 bits per heavy atom. The summed E-state index contributed by atoms with van der Waals surface area (Å²) in [5, 5.41) is 10.9. The second-order valence-electron chi connectivity index (χ2n) is 7.92. The highest BCUT2D eigenvalue weighted by atomic mass is 35.5. The first kappa shape index (κ1) is 24.0. The normalized spacial score (nSPS) is 12.4. The molecule has 4 aromatic rings. The number of amides is 1. The summed E-state index contributed by atoms with van der Waals surface area (Å²) in [4.78, 5) is 23.2. The zero-order valence-electron chi connectivity index (χ0n) is 19.0. The van der Waals surface area contributed by atoms with Gasteiger partial charge in [0.25, 0.3) is 6.47 Å². The zero-order chi connectivity index (χ0) is 24.6. The van der Waals surface area contributed by atoms with E-state index < -0.39 is 12.1 Å². The van der Waals surface area contributed by atoms with E-state index in [1.807, 2.05) is 60.7 Å². The molecule has 0 saturated carbocycles. The molecule has 0 bridgehead atoms. The Bertz CT molecular complexity index is 1260. The van der Waals surface area contributed by atoms with E-state index in [1.165, 1.54) is 6.92 Å². The fraction of sp³-hybridized carbons (Fsp3) is 0.148. The highest BCUT2D eigenvalue weighted by molar-refractivity contribution is 6.30. The molecule has 7 nitrogen and oxygen atoms in total. The number of hydrogen-bond acceptors (Lipinski definition) is 5. The third-order valence-electron chi connectivity index (χ3n) is 5.37. The number of carbonyl (C=O) groups excluding carboxylic acids is 2. The number of ether oxygens (including phenoxy) is 2. The molecule has 1 aromatic heterocycles. The van der Waals surface area contributed by atoms with Crippen LogP contribution in [0.2, 0.25) is 5.02 Å². The van der Waals surface area contributed by atoms with Crippen molar-refractivity contribution in [3.8, 4) is 22.8 Å². The Kier molecular flexibility index (Phi) is 7.80. The lowest BCUT2D eigenvalue weighted by molar-refractivity contribution is -0.136. The standard InChI is InChI=1S/C27H24ClN3O4/c1-18(33)29-27(20-7-11-21(28)12-8-20)26(34-17-32)16-22-15-25(31-30-22)19-9-13-24(14-10-19)35-23-5-3-2-4-6-23/h2-15,17,26-27H,16H2,1H3,(H,29,33)(H,30,31). The van der Waals surface area contributed by atoms with Crippen molar-refractivity contribution >= 4 is 24.0 Å². The zero-order valence-corrected chi connectivity index (χ0v) is 19.7. The maximum absolute atomic E-state index is 11.9. The van der Waals surface area contributed by atoms with Crippen LogP contribution in [0.3, 0.4) is 0 Å². The molecule has 0 aliphatic rings. The highest BCUT2D eigenvalue weighted by Gasteiger charge is 2.27. The molecule has 2 unspecified atom stereocenters. The maximum Gasteiger partial charge on any atom is 0.293 e. The number of halogens is 1. The van der Waals surface area contributed by atoms with Gasteiger partial charge in [0, 0.05) is 29.6 Å². The van der Waals surface area contributed by atoms with Crippen LogP contribution in [0, 0.1) is 0 Å². The molecule has 1 heterocycles. The molecule has 0 radical (unpaired) electrons. The van der Waals surface area contributed by atoms with Crippen LogP contribution in [-0.2, 0) is 20.7 Å². The van der Waals surface area contributed by atoms with Crippen LogP contribution < -0.4 is 10.1 Å². The molecular weight excluding hydrogens is 466 g/mol. The van der Waals surface area contributed by atoms with Crippen LogP contribution in [0.15, 0.2) is 84.9 Å². The van der Waals surface area contributed by atoms with Gasteiger partial charge in [-0.2, -0.15) is 5.10 Å². The van der Waals surface area contributed by atoms with Gasteiger partial charge < -0.3 is 14.8 Å². The number of nitrogens with one attached hydrogen (secondary N) is 2. The SMILES string of the molecule is CC(=O)NC(c1ccc(Cl)cc1)C(Cc1cc(-c2ccc(Oc3ccccc3)cc2)n[nH]1)OC=O. The van der Waals surface area contributed by atoms with E-state index in [0.29, 0.717) is 17.9 Å². The van der Waals surface area contributed by atoms with Gasteiger partial charge in [-0.25, -0.2) is 0 Å². The summed E-state index contributed by atoms with van der Waals surface area (Å²) >= 11 is 6.01. The Balaban J connectivity index is 1.50. The molecule has 35 heavy (non-hydrogen) atoms. The van der Waals surface area contributed by atoms with Gasteiger partial charge >= 0.3 is 0 Å². The molecule has 0 saturated heterocycles. The number of para-hydroxylation sites is 1. The molecule has 0 spiro atoms. The summed E-state index contributed by atoms with van der Waals surface area (Å²) in [6, 6.07) is 25.5. The van der Waals surface area contributed by atoms with E-state index in [-0.39, 0.29) is 5.91 Å². The van der Waals surface area contributed by atoms with Crippen molar-refractivity contribution in [2.45, 2.75) is 25.5 Å². The predicted molar refractivity (Wildman–Crippen MR) is 133 cm³/mol. The monoisotopic (exact) mass is 489 g/mol. The van der Waals surface area contributed by atoms with Crippen molar-refractivity contribution in [1.29, 1.82) is 0 Å². The summed E-state index contributed by atoms with van der Waals surface area (Å²) in [7, 11) is 0. The Labute approximate surface area is 208 Å². The van der Waals surface area contributed by atoms with E-state index >= 15 is 0 Å². The smallest absolute Gasteiger partial charge is 0.293 e.